The molecule has 98 valence electrons. The zero-order valence-electron chi connectivity index (χ0n) is 10.5. The Hall–Kier alpha value is -1.25. The van der Waals surface area contributed by atoms with Crippen LogP contribution in [0.4, 0.5) is 13.2 Å². The van der Waals surface area contributed by atoms with E-state index in [2.05, 4.69) is 31.1 Å². The van der Waals surface area contributed by atoms with Crippen molar-refractivity contribution >= 4 is 8.07 Å². The van der Waals surface area contributed by atoms with E-state index in [-0.39, 0.29) is 5.56 Å². The molecule has 0 radical (unpaired) electrons. The molecule has 0 amide bonds. The van der Waals surface area contributed by atoms with Gasteiger partial charge in [0.25, 0.3) is 0 Å². The maximum atomic E-state index is 12.3. The molecule has 0 aliphatic rings. The minimum absolute atomic E-state index is 0.166. The summed E-state index contributed by atoms with van der Waals surface area (Å²) in [5.41, 5.74) is 3.62. The Kier molecular flexibility index (Phi) is 4.25. The number of alkyl halides is 3. The number of hydrogen-bond donors (Lipinski definition) is 1. The minimum atomic E-state index is -4.63. The fourth-order valence-electron chi connectivity index (χ4n) is 1.20. The van der Waals surface area contributed by atoms with Gasteiger partial charge in [-0.25, -0.2) is 0 Å². The number of halogens is 3. The highest BCUT2D eigenvalue weighted by molar-refractivity contribution is 6.83. The topological polar surface area (TPSA) is 20.2 Å². The van der Waals surface area contributed by atoms with Crippen molar-refractivity contribution in [2.45, 2.75) is 31.9 Å². The van der Waals surface area contributed by atoms with Crippen molar-refractivity contribution in [1.29, 1.82) is 0 Å². The van der Waals surface area contributed by atoms with Crippen LogP contribution in [0.5, 0.6) is 0 Å². The Labute approximate surface area is 106 Å². The summed E-state index contributed by atoms with van der Waals surface area (Å²) in [6, 6.07) is 5.51. The molecule has 1 N–H and O–H groups in total. The molecule has 0 saturated carbocycles. The monoisotopic (exact) mass is 272 g/mol. The Morgan fingerprint density at radius 3 is 2.00 bits per heavy atom. The zero-order valence-corrected chi connectivity index (χ0v) is 11.5. The first kappa shape index (κ1) is 14.8. The van der Waals surface area contributed by atoms with Gasteiger partial charge in [-0.1, -0.05) is 37.7 Å². The van der Waals surface area contributed by atoms with Gasteiger partial charge in [-0.05, 0) is 17.7 Å². The maximum Gasteiger partial charge on any atom is 0.418 e. The van der Waals surface area contributed by atoms with Gasteiger partial charge in [-0.15, -0.1) is 5.54 Å². The highest BCUT2D eigenvalue weighted by atomic mass is 28.3. The standard InChI is InChI=1S/C13H15F3OSi/c1-18(2,3)9-8-10-4-6-11(7-5-10)12(17)13(14,15)16/h4-7,12,17H,1-3H3. The molecular weight excluding hydrogens is 257 g/mol. The Morgan fingerprint density at radius 2 is 1.61 bits per heavy atom. The lowest BCUT2D eigenvalue weighted by molar-refractivity contribution is -0.206. The van der Waals surface area contributed by atoms with Gasteiger partial charge in [0.05, 0.1) is 0 Å². The Balaban J connectivity index is 2.90. The first-order valence-corrected chi connectivity index (χ1v) is 8.97. The lowest BCUT2D eigenvalue weighted by atomic mass is 10.1. The largest absolute Gasteiger partial charge is 0.418 e. The van der Waals surface area contributed by atoms with E-state index in [0.717, 1.165) is 0 Å². The van der Waals surface area contributed by atoms with Crippen molar-refractivity contribution in [3.05, 3.63) is 35.4 Å². The third kappa shape index (κ3) is 4.55. The second kappa shape index (κ2) is 5.17. The molecule has 1 atom stereocenters. The second-order valence-electron chi connectivity index (χ2n) is 5.07. The molecular formula is C13H15F3OSi. The molecule has 0 spiro atoms. The van der Waals surface area contributed by atoms with Crippen molar-refractivity contribution < 1.29 is 18.3 Å². The first-order valence-electron chi connectivity index (χ1n) is 5.47. The van der Waals surface area contributed by atoms with E-state index in [1.807, 2.05) is 0 Å². The molecule has 0 aliphatic heterocycles. The predicted octanol–water partition coefficient (Wildman–Crippen LogP) is 3.51. The third-order valence-corrected chi connectivity index (χ3v) is 2.99. The SMILES string of the molecule is C[Si](C)(C)C#Cc1ccc(C(O)C(F)(F)F)cc1. The summed E-state index contributed by atoms with van der Waals surface area (Å²) >= 11 is 0. The molecule has 0 fully saturated rings. The highest BCUT2D eigenvalue weighted by Crippen LogP contribution is 2.32. The van der Waals surface area contributed by atoms with Crippen LogP contribution in [0.1, 0.15) is 17.2 Å². The van der Waals surface area contributed by atoms with E-state index in [1.165, 1.54) is 24.3 Å². The van der Waals surface area contributed by atoms with Crippen LogP contribution in [0, 0.1) is 11.5 Å². The van der Waals surface area contributed by atoms with Crippen LogP contribution in [0.25, 0.3) is 0 Å². The Morgan fingerprint density at radius 1 is 1.11 bits per heavy atom. The van der Waals surface area contributed by atoms with Crippen LogP contribution in [0.15, 0.2) is 24.3 Å². The van der Waals surface area contributed by atoms with Gasteiger partial charge in [-0.3, -0.25) is 0 Å². The van der Waals surface area contributed by atoms with Crippen LogP contribution < -0.4 is 0 Å². The lowest BCUT2D eigenvalue weighted by Crippen LogP contribution is -2.20. The number of benzene rings is 1. The molecule has 0 saturated heterocycles. The number of aliphatic hydroxyl groups excluding tert-OH is 1. The maximum absolute atomic E-state index is 12.3. The fraction of sp³-hybridized carbons (Fsp3) is 0.385. The van der Waals surface area contributed by atoms with Gasteiger partial charge < -0.3 is 5.11 Å². The van der Waals surface area contributed by atoms with Crippen molar-refractivity contribution in [2.75, 3.05) is 0 Å². The summed E-state index contributed by atoms with van der Waals surface area (Å²) in [6.45, 7) is 6.26. The van der Waals surface area contributed by atoms with Gasteiger partial charge in [0.2, 0.25) is 0 Å². The van der Waals surface area contributed by atoms with Crippen LogP contribution >= 0.6 is 0 Å². The molecule has 1 aromatic carbocycles. The Bertz CT molecular complexity index is 460. The van der Waals surface area contributed by atoms with E-state index >= 15 is 0 Å². The molecule has 1 rings (SSSR count). The van der Waals surface area contributed by atoms with E-state index in [0.29, 0.717) is 5.56 Å². The summed E-state index contributed by atoms with van der Waals surface area (Å²) < 4.78 is 36.8. The average Bonchev–Trinajstić information content (AvgIpc) is 2.24. The van der Waals surface area contributed by atoms with Gasteiger partial charge in [-0.2, -0.15) is 13.2 Å². The van der Waals surface area contributed by atoms with Crippen molar-refractivity contribution in [1.82, 2.24) is 0 Å². The quantitative estimate of drug-likeness (QED) is 0.612. The summed E-state index contributed by atoms with van der Waals surface area (Å²) in [4.78, 5) is 0. The number of hydrogen-bond acceptors (Lipinski definition) is 1. The highest BCUT2D eigenvalue weighted by Gasteiger charge is 2.39. The van der Waals surface area contributed by atoms with Crippen molar-refractivity contribution in [3.8, 4) is 11.5 Å². The summed E-state index contributed by atoms with van der Waals surface area (Å²) in [6.07, 6.45) is -7.07. The molecule has 0 aliphatic carbocycles. The summed E-state index contributed by atoms with van der Waals surface area (Å²) in [5, 5.41) is 9.05. The van der Waals surface area contributed by atoms with Crippen molar-refractivity contribution in [2.24, 2.45) is 0 Å². The van der Waals surface area contributed by atoms with Crippen LogP contribution in [-0.4, -0.2) is 19.4 Å². The minimum Gasteiger partial charge on any atom is -0.379 e. The van der Waals surface area contributed by atoms with Crippen molar-refractivity contribution in [3.63, 3.8) is 0 Å². The van der Waals surface area contributed by atoms with E-state index < -0.39 is 20.4 Å². The third-order valence-electron chi connectivity index (χ3n) is 2.12. The normalized spacial score (nSPS) is 13.7. The molecule has 0 bridgehead atoms. The summed E-state index contributed by atoms with van der Waals surface area (Å²) in [5.74, 6) is 2.94. The van der Waals surface area contributed by atoms with Crippen LogP contribution in [0.2, 0.25) is 19.6 Å². The molecule has 1 aromatic rings. The molecule has 5 heteroatoms. The van der Waals surface area contributed by atoms with Crippen LogP contribution in [-0.2, 0) is 0 Å². The van der Waals surface area contributed by atoms with E-state index in [4.69, 9.17) is 5.11 Å². The summed E-state index contributed by atoms with van der Waals surface area (Å²) in [7, 11) is -1.50. The van der Waals surface area contributed by atoms with Gasteiger partial charge in [0.1, 0.15) is 8.07 Å². The van der Waals surface area contributed by atoms with Gasteiger partial charge >= 0.3 is 6.18 Å². The predicted molar refractivity (Wildman–Crippen MR) is 67.7 cm³/mol. The zero-order chi connectivity index (χ0) is 14.0. The molecule has 0 aromatic heterocycles. The molecule has 18 heavy (non-hydrogen) atoms. The number of rotatable bonds is 1. The van der Waals surface area contributed by atoms with Gasteiger partial charge in [0, 0.05) is 5.56 Å². The second-order valence-corrected chi connectivity index (χ2v) is 9.82. The van der Waals surface area contributed by atoms with E-state index in [1.54, 1.807) is 0 Å². The molecule has 0 heterocycles. The first-order chi connectivity index (χ1) is 8.09. The molecule has 1 nitrogen and oxygen atoms in total. The van der Waals surface area contributed by atoms with Crippen LogP contribution in [0.3, 0.4) is 0 Å². The lowest BCUT2D eigenvalue weighted by Gasteiger charge is -2.14. The average molecular weight is 272 g/mol. The van der Waals surface area contributed by atoms with Gasteiger partial charge in [0.15, 0.2) is 6.10 Å². The van der Waals surface area contributed by atoms with E-state index in [9.17, 15) is 13.2 Å². The molecule has 1 unspecified atom stereocenters. The smallest absolute Gasteiger partial charge is 0.379 e. The fourth-order valence-corrected chi connectivity index (χ4v) is 1.72. The number of aliphatic hydroxyl groups is 1.